The van der Waals surface area contributed by atoms with Crippen molar-refractivity contribution in [2.24, 2.45) is 0 Å². The lowest BCUT2D eigenvalue weighted by atomic mass is 10.1. The molecule has 0 bridgehead atoms. The van der Waals surface area contributed by atoms with Crippen molar-refractivity contribution in [2.45, 2.75) is 27.3 Å². The van der Waals surface area contributed by atoms with E-state index in [0.29, 0.717) is 34.8 Å². The lowest BCUT2D eigenvalue weighted by Crippen LogP contribution is -2.05. The highest BCUT2D eigenvalue weighted by Gasteiger charge is 2.17. The lowest BCUT2D eigenvalue weighted by Gasteiger charge is -2.11. The van der Waals surface area contributed by atoms with Gasteiger partial charge in [0.15, 0.2) is 5.13 Å². The number of rotatable bonds is 7. The molecule has 158 valence electrons. The normalized spacial score (nSPS) is 10.8. The average molecular weight is 434 g/mol. The number of esters is 1. The predicted molar refractivity (Wildman–Crippen MR) is 124 cm³/mol. The van der Waals surface area contributed by atoms with Crippen LogP contribution >= 0.6 is 11.3 Å². The third-order valence-corrected chi connectivity index (χ3v) is 5.71. The van der Waals surface area contributed by atoms with Gasteiger partial charge in [0, 0.05) is 11.9 Å². The van der Waals surface area contributed by atoms with Crippen LogP contribution in [-0.2, 0) is 11.3 Å². The molecule has 0 spiro atoms. The van der Waals surface area contributed by atoms with Crippen molar-refractivity contribution in [1.82, 2.24) is 15.0 Å². The molecule has 0 aliphatic rings. The highest BCUT2D eigenvalue weighted by atomic mass is 32.1. The fraction of sp³-hybridized carbons (Fsp3) is 0.217. The summed E-state index contributed by atoms with van der Waals surface area (Å²) >= 11 is 1.23. The Hall–Kier alpha value is -3.52. The van der Waals surface area contributed by atoms with Crippen LogP contribution in [0.3, 0.4) is 0 Å². The molecule has 0 radical (unpaired) electrons. The molecule has 2 N–H and O–H groups in total. The fourth-order valence-corrected chi connectivity index (χ4v) is 3.94. The molecule has 2 aromatic carbocycles. The van der Waals surface area contributed by atoms with E-state index in [1.807, 2.05) is 24.3 Å². The van der Waals surface area contributed by atoms with Crippen molar-refractivity contribution in [2.75, 3.05) is 17.2 Å². The minimum atomic E-state index is -0.370. The third kappa shape index (κ3) is 4.80. The van der Waals surface area contributed by atoms with Gasteiger partial charge in [-0.3, -0.25) is 5.32 Å². The summed E-state index contributed by atoms with van der Waals surface area (Å²) in [6.07, 6.45) is 0. The summed E-state index contributed by atoms with van der Waals surface area (Å²) in [5.41, 5.74) is 3.82. The van der Waals surface area contributed by atoms with Crippen LogP contribution in [0, 0.1) is 13.8 Å². The zero-order valence-corrected chi connectivity index (χ0v) is 18.4. The van der Waals surface area contributed by atoms with Gasteiger partial charge in [-0.15, -0.1) is 0 Å². The first-order valence-electron chi connectivity index (χ1n) is 10.0. The van der Waals surface area contributed by atoms with Gasteiger partial charge in [-0.2, -0.15) is 4.98 Å². The molecule has 7 nitrogen and oxygen atoms in total. The number of nitrogens with one attached hydrogen (secondary N) is 2. The first-order chi connectivity index (χ1) is 15.0. The van der Waals surface area contributed by atoms with E-state index in [2.05, 4.69) is 56.8 Å². The van der Waals surface area contributed by atoms with Crippen molar-refractivity contribution in [3.63, 3.8) is 0 Å². The van der Waals surface area contributed by atoms with Gasteiger partial charge in [0.05, 0.1) is 17.8 Å². The van der Waals surface area contributed by atoms with Crippen molar-refractivity contribution in [3.05, 3.63) is 70.2 Å². The summed E-state index contributed by atoms with van der Waals surface area (Å²) in [7, 11) is 0. The van der Waals surface area contributed by atoms with Crippen LogP contribution in [0.4, 0.5) is 16.9 Å². The quantitative estimate of drug-likeness (QED) is 0.386. The van der Waals surface area contributed by atoms with Gasteiger partial charge in [0.25, 0.3) is 0 Å². The molecule has 2 aromatic heterocycles. The van der Waals surface area contributed by atoms with Crippen LogP contribution in [0.25, 0.3) is 10.9 Å². The third-order valence-electron chi connectivity index (χ3n) is 4.66. The van der Waals surface area contributed by atoms with Crippen molar-refractivity contribution >= 4 is 45.1 Å². The number of benzene rings is 2. The molecule has 2 heterocycles. The molecule has 0 saturated carbocycles. The average Bonchev–Trinajstić information content (AvgIpc) is 3.13. The van der Waals surface area contributed by atoms with E-state index < -0.39 is 0 Å². The number of para-hydroxylation sites is 1. The fourth-order valence-electron chi connectivity index (χ4n) is 3.09. The molecule has 4 rings (SSSR count). The maximum absolute atomic E-state index is 12.1. The first kappa shape index (κ1) is 20.7. The van der Waals surface area contributed by atoms with E-state index in [0.717, 1.165) is 22.3 Å². The largest absolute Gasteiger partial charge is 0.462 e. The van der Waals surface area contributed by atoms with Gasteiger partial charge >= 0.3 is 5.97 Å². The number of hydrogen-bond donors (Lipinski definition) is 2. The Morgan fingerprint density at radius 2 is 1.81 bits per heavy atom. The molecule has 4 aromatic rings. The van der Waals surface area contributed by atoms with E-state index in [1.165, 1.54) is 16.9 Å². The van der Waals surface area contributed by atoms with E-state index in [4.69, 9.17) is 4.74 Å². The smallest absolute Gasteiger partial charge is 0.350 e. The van der Waals surface area contributed by atoms with E-state index in [-0.39, 0.29) is 5.97 Å². The second-order valence-corrected chi connectivity index (χ2v) is 8.03. The molecule has 0 atom stereocenters. The number of hydrogen-bond acceptors (Lipinski definition) is 8. The second kappa shape index (κ2) is 9.09. The van der Waals surface area contributed by atoms with Gasteiger partial charge in [-0.25, -0.2) is 14.8 Å². The molecule has 0 amide bonds. The van der Waals surface area contributed by atoms with Crippen molar-refractivity contribution in [1.29, 1.82) is 0 Å². The first-order valence-corrected chi connectivity index (χ1v) is 10.8. The van der Waals surface area contributed by atoms with Gasteiger partial charge in [0.2, 0.25) is 5.95 Å². The van der Waals surface area contributed by atoms with Crippen LogP contribution < -0.4 is 10.6 Å². The van der Waals surface area contributed by atoms with Gasteiger partial charge in [-0.1, -0.05) is 53.3 Å². The zero-order chi connectivity index (χ0) is 21.8. The SMILES string of the molecule is CCOC(=O)c1sc(Nc2nc(NCc3ccc(C)cc3)c3ccccc3n2)nc1C. The Kier molecular flexibility index (Phi) is 6.08. The van der Waals surface area contributed by atoms with Gasteiger partial charge in [0.1, 0.15) is 10.7 Å². The van der Waals surface area contributed by atoms with Gasteiger partial charge < -0.3 is 10.1 Å². The Balaban J connectivity index is 1.61. The summed E-state index contributed by atoms with van der Waals surface area (Å²) in [5.74, 6) is 0.771. The number of carbonyl (C=O) groups is 1. The molecular formula is C23H23N5O2S. The number of thiazole rings is 1. The van der Waals surface area contributed by atoms with Crippen LogP contribution in [0.15, 0.2) is 48.5 Å². The van der Waals surface area contributed by atoms with Crippen LogP contribution in [0.2, 0.25) is 0 Å². The number of fused-ring (bicyclic) bond motifs is 1. The van der Waals surface area contributed by atoms with Crippen molar-refractivity contribution < 1.29 is 9.53 Å². The Labute approximate surface area is 184 Å². The summed E-state index contributed by atoms with van der Waals surface area (Å²) in [4.78, 5) is 26.3. The summed E-state index contributed by atoms with van der Waals surface area (Å²) in [6.45, 7) is 6.60. The Morgan fingerprint density at radius 1 is 1.03 bits per heavy atom. The van der Waals surface area contributed by atoms with E-state index in [9.17, 15) is 4.79 Å². The molecule has 8 heteroatoms. The number of aryl methyl sites for hydroxylation is 2. The number of ether oxygens (including phenoxy) is 1. The second-order valence-electron chi connectivity index (χ2n) is 7.03. The molecule has 0 unspecified atom stereocenters. The number of nitrogens with zero attached hydrogens (tertiary/aromatic N) is 3. The standard InChI is InChI=1S/C23H23N5O2S/c1-4-30-21(29)19-15(3)25-23(31-19)28-22-26-18-8-6-5-7-17(18)20(27-22)24-13-16-11-9-14(2)10-12-16/h5-12H,4,13H2,1-3H3,(H2,24,25,26,27,28). The highest BCUT2D eigenvalue weighted by molar-refractivity contribution is 7.17. The minimum absolute atomic E-state index is 0.322. The molecule has 0 fully saturated rings. The number of anilines is 3. The summed E-state index contributed by atoms with van der Waals surface area (Å²) in [5, 5.41) is 8.03. The van der Waals surface area contributed by atoms with E-state index >= 15 is 0 Å². The summed E-state index contributed by atoms with van der Waals surface area (Å²) < 4.78 is 5.09. The number of carbonyl (C=O) groups excluding carboxylic acids is 1. The Morgan fingerprint density at radius 3 is 2.58 bits per heavy atom. The molecule has 0 aliphatic heterocycles. The molecule has 31 heavy (non-hydrogen) atoms. The van der Waals surface area contributed by atoms with Gasteiger partial charge in [-0.05, 0) is 38.5 Å². The van der Waals surface area contributed by atoms with E-state index in [1.54, 1.807) is 13.8 Å². The topological polar surface area (TPSA) is 89.0 Å². The monoisotopic (exact) mass is 433 g/mol. The van der Waals surface area contributed by atoms with Crippen LogP contribution in [0.1, 0.15) is 33.4 Å². The van der Waals surface area contributed by atoms with Crippen LogP contribution in [-0.4, -0.2) is 27.5 Å². The predicted octanol–water partition coefficient (Wildman–Crippen LogP) is 5.24. The number of aromatic nitrogens is 3. The Bertz CT molecular complexity index is 1220. The van der Waals surface area contributed by atoms with Crippen LogP contribution in [0.5, 0.6) is 0 Å². The lowest BCUT2D eigenvalue weighted by molar-refractivity contribution is 0.0531. The highest BCUT2D eigenvalue weighted by Crippen LogP contribution is 2.28. The maximum atomic E-state index is 12.1. The zero-order valence-electron chi connectivity index (χ0n) is 17.6. The molecular weight excluding hydrogens is 410 g/mol. The maximum Gasteiger partial charge on any atom is 0.350 e. The van der Waals surface area contributed by atoms with Crippen molar-refractivity contribution in [3.8, 4) is 0 Å². The molecule has 0 aliphatic carbocycles. The summed E-state index contributed by atoms with van der Waals surface area (Å²) in [6, 6.07) is 16.2. The minimum Gasteiger partial charge on any atom is -0.462 e. The molecule has 0 saturated heterocycles.